The summed E-state index contributed by atoms with van der Waals surface area (Å²) in [6, 6.07) is 6.90. The third-order valence-corrected chi connectivity index (χ3v) is 5.48. The van der Waals surface area contributed by atoms with Gasteiger partial charge in [0.05, 0.1) is 17.9 Å². The van der Waals surface area contributed by atoms with Gasteiger partial charge in [0, 0.05) is 31.6 Å². The van der Waals surface area contributed by atoms with Gasteiger partial charge < -0.3 is 14.9 Å². The van der Waals surface area contributed by atoms with Crippen LogP contribution in [0.3, 0.4) is 0 Å². The normalized spacial score (nSPS) is 24.6. The molecule has 0 radical (unpaired) electrons. The molecule has 2 unspecified atom stereocenters. The highest BCUT2D eigenvalue weighted by Gasteiger charge is 2.44. The first-order valence-electron chi connectivity index (χ1n) is 8.41. The number of piperidine rings is 1. The molecule has 2 atom stereocenters. The number of carboxylic acid groups (broad SMARTS) is 1. The Bertz CT molecular complexity index is 700. The van der Waals surface area contributed by atoms with Gasteiger partial charge in [0.15, 0.2) is 0 Å². The number of carbonyl (C=O) groups excluding carboxylic acids is 2. The lowest BCUT2D eigenvalue weighted by Gasteiger charge is -2.34. The molecule has 1 aromatic carbocycles. The molecule has 0 saturated carbocycles. The maximum absolute atomic E-state index is 13.0. The number of hydrogen-bond acceptors (Lipinski definition) is 3. The fourth-order valence-electron chi connectivity index (χ4n) is 3.82. The molecule has 25 heavy (non-hydrogen) atoms. The van der Waals surface area contributed by atoms with Crippen LogP contribution in [0.2, 0.25) is 5.02 Å². The van der Waals surface area contributed by atoms with Gasteiger partial charge in [-0.05, 0) is 30.5 Å². The number of carboxylic acids is 1. The summed E-state index contributed by atoms with van der Waals surface area (Å²) in [5, 5.41) is 9.66. The summed E-state index contributed by atoms with van der Waals surface area (Å²) in [6.07, 6.45) is 1.09. The van der Waals surface area contributed by atoms with Crippen molar-refractivity contribution in [3.63, 3.8) is 0 Å². The molecule has 2 fully saturated rings. The van der Waals surface area contributed by atoms with Crippen LogP contribution in [0.5, 0.6) is 0 Å². The number of hydrogen-bond donors (Lipinski definition) is 1. The second kappa shape index (κ2) is 7.04. The number of carbonyl (C=O) groups is 3. The van der Waals surface area contributed by atoms with E-state index in [4.69, 9.17) is 16.7 Å². The second-order valence-electron chi connectivity index (χ2n) is 6.75. The van der Waals surface area contributed by atoms with Crippen molar-refractivity contribution in [2.24, 2.45) is 11.8 Å². The van der Waals surface area contributed by atoms with Crippen LogP contribution in [0.1, 0.15) is 30.9 Å². The SMILES string of the molecule is CN1C(=O)CC(C(=O)N2CCC(C(=O)O)CC2)C1c1cccc(Cl)c1. The van der Waals surface area contributed by atoms with Crippen molar-refractivity contribution in [1.82, 2.24) is 9.80 Å². The van der Waals surface area contributed by atoms with Crippen molar-refractivity contribution in [2.75, 3.05) is 20.1 Å². The van der Waals surface area contributed by atoms with Gasteiger partial charge in [-0.15, -0.1) is 0 Å². The van der Waals surface area contributed by atoms with Gasteiger partial charge >= 0.3 is 5.97 Å². The molecule has 134 valence electrons. The average molecular weight is 365 g/mol. The van der Waals surface area contributed by atoms with Crippen LogP contribution >= 0.6 is 11.6 Å². The van der Waals surface area contributed by atoms with Crippen molar-refractivity contribution in [2.45, 2.75) is 25.3 Å². The fraction of sp³-hybridized carbons (Fsp3) is 0.500. The van der Waals surface area contributed by atoms with E-state index in [1.165, 1.54) is 0 Å². The summed E-state index contributed by atoms with van der Waals surface area (Å²) in [5.41, 5.74) is 0.847. The molecule has 0 aromatic heterocycles. The summed E-state index contributed by atoms with van der Waals surface area (Å²) in [6.45, 7) is 0.846. The van der Waals surface area contributed by atoms with Crippen molar-refractivity contribution in [3.05, 3.63) is 34.9 Å². The predicted octanol–water partition coefficient (Wildman–Crippen LogP) is 2.18. The van der Waals surface area contributed by atoms with E-state index in [2.05, 4.69) is 0 Å². The van der Waals surface area contributed by atoms with E-state index < -0.39 is 11.9 Å². The zero-order chi connectivity index (χ0) is 18.1. The van der Waals surface area contributed by atoms with Crippen molar-refractivity contribution < 1.29 is 19.5 Å². The minimum atomic E-state index is -0.806. The van der Waals surface area contributed by atoms with Crippen LogP contribution in [0.15, 0.2) is 24.3 Å². The number of benzene rings is 1. The highest BCUT2D eigenvalue weighted by molar-refractivity contribution is 6.30. The van der Waals surface area contributed by atoms with E-state index in [-0.39, 0.29) is 30.2 Å². The van der Waals surface area contributed by atoms with Crippen LogP contribution in [-0.4, -0.2) is 52.8 Å². The third-order valence-electron chi connectivity index (χ3n) is 5.25. The Balaban J connectivity index is 1.79. The van der Waals surface area contributed by atoms with E-state index >= 15 is 0 Å². The van der Waals surface area contributed by atoms with E-state index in [0.717, 1.165) is 5.56 Å². The van der Waals surface area contributed by atoms with E-state index in [1.54, 1.807) is 29.0 Å². The number of amides is 2. The van der Waals surface area contributed by atoms with Gasteiger partial charge in [-0.1, -0.05) is 23.7 Å². The first-order chi connectivity index (χ1) is 11.9. The summed E-state index contributed by atoms with van der Waals surface area (Å²) in [4.78, 5) is 39.6. The van der Waals surface area contributed by atoms with Crippen LogP contribution in [0.25, 0.3) is 0 Å². The number of halogens is 1. The number of aliphatic carboxylic acids is 1. The molecule has 7 heteroatoms. The lowest BCUT2D eigenvalue weighted by Crippen LogP contribution is -2.44. The molecule has 2 amide bonds. The molecular formula is C18H21ClN2O4. The molecule has 2 heterocycles. The Morgan fingerprint density at radius 2 is 1.92 bits per heavy atom. The predicted molar refractivity (Wildman–Crippen MR) is 92.0 cm³/mol. The number of rotatable bonds is 3. The topological polar surface area (TPSA) is 77.9 Å². The first kappa shape index (κ1) is 17.7. The minimum Gasteiger partial charge on any atom is -0.481 e. The quantitative estimate of drug-likeness (QED) is 0.891. The molecule has 0 aliphatic carbocycles. The van der Waals surface area contributed by atoms with Crippen LogP contribution in [0, 0.1) is 11.8 Å². The van der Waals surface area contributed by atoms with E-state index in [9.17, 15) is 14.4 Å². The van der Waals surface area contributed by atoms with E-state index in [0.29, 0.717) is 31.0 Å². The van der Waals surface area contributed by atoms with Gasteiger partial charge in [-0.2, -0.15) is 0 Å². The zero-order valence-corrected chi connectivity index (χ0v) is 14.8. The zero-order valence-electron chi connectivity index (χ0n) is 14.0. The molecule has 2 aliphatic heterocycles. The molecule has 1 N–H and O–H groups in total. The Hall–Kier alpha value is -2.08. The molecule has 1 aromatic rings. The number of likely N-dealkylation sites (tertiary alicyclic amines) is 2. The Kier molecular flexibility index (Phi) is 4.99. The van der Waals surface area contributed by atoms with Crippen molar-refractivity contribution >= 4 is 29.4 Å². The van der Waals surface area contributed by atoms with Gasteiger partial charge in [0.2, 0.25) is 11.8 Å². The molecular weight excluding hydrogens is 344 g/mol. The maximum atomic E-state index is 13.0. The van der Waals surface area contributed by atoms with Crippen molar-refractivity contribution in [1.29, 1.82) is 0 Å². The Morgan fingerprint density at radius 1 is 1.24 bits per heavy atom. The molecule has 6 nitrogen and oxygen atoms in total. The van der Waals surface area contributed by atoms with Gasteiger partial charge in [-0.3, -0.25) is 14.4 Å². The second-order valence-corrected chi connectivity index (χ2v) is 7.19. The average Bonchev–Trinajstić information content (AvgIpc) is 2.89. The first-order valence-corrected chi connectivity index (χ1v) is 8.79. The summed E-state index contributed by atoms with van der Waals surface area (Å²) in [7, 11) is 1.71. The standard InChI is InChI=1S/C18H21ClN2O4/c1-20-15(22)10-14(16(20)12-3-2-4-13(19)9-12)17(23)21-7-5-11(6-8-21)18(24)25/h2-4,9,11,14,16H,5-8,10H2,1H3,(H,24,25). The van der Waals surface area contributed by atoms with Crippen LogP contribution in [-0.2, 0) is 14.4 Å². The number of nitrogens with zero attached hydrogens (tertiary/aromatic N) is 2. The summed E-state index contributed by atoms with van der Waals surface area (Å²) in [5.74, 6) is -1.80. The van der Waals surface area contributed by atoms with Gasteiger partial charge in [0.1, 0.15) is 0 Å². The molecule has 2 aliphatic rings. The molecule has 0 bridgehead atoms. The fourth-order valence-corrected chi connectivity index (χ4v) is 4.02. The molecule has 2 saturated heterocycles. The smallest absolute Gasteiger partial charge is 0.306 e. The highest BCUT2D eigenvalue weighted by Crippen LogP contribution is 2.39. The minimum absolute atomic E-state index is 0.0660. The van der Waals surface area contributed by atoms with Crippen LogP contribution in [0.4, 0.5) is 0 Å². The highest BCUT2D eigenvalue weighted by atomic mass is 35.5. The summed E-state index contributed by atoms with van der Waals surface area (Å²) >= 11 is 6.07. The van der Waals surface area contributed by atoms with Gasteiger partial charge in [0.25, 0.3) is 0 Å². The largest absolute Gasteiger partial charge is 0.481 e. The van der Waals surface area contributed by atoms with Crippen LogP contribution < -0.4 is 0 Å². The maximum Gasteiger partial charge on any atom is 0.306 e. The molecule has 3 rings (SSSR count). The Labute approximate surface area is 151 Å². The summed E-state index contributed by atoms with van der Waals surface area (Å²) < 4.78 is 0. The molecule has 0 spiro atoms. The van der Waals surface area contributed by atoms with E-state index in [1.807, 2.05) is 12.1 Å². The third kappa shape index (κ3) is 3.49. The lowest BCUT2D eigenvalue weighted by molar-refractivity contribution is -0.147. The van der Waals surface area contributed by atoms with Gasteiger partial charge in [-0.25, -0.2) is 0 Å². The lowest BCUT2D eigenvalue weighted by atomic mass is 9.90. The van der Waals surface area contributed by atoms with Crippen molar-refractivity contribution in [3.8, 4) is 0 Å². The monoisotopic (exact) mass is 364 g/mol. The Morgan fingerprint density at radius 3 is 2.52 bits per heavy atom.